The molecule has 0 atom stereocenters. The number of aliphatic carboxylic acids is 1. The average Bonchev–Trinajstić information content (AvgIpc) is 2.36. The molecule has 0 radical (unpaired) electrons. The first-order chi connectivity index (χ1) is 9.90. The zero-order valence-electron chi connectivity index (χ0n) is 11.4. The van der Waals surface area contributed by atoms with E-state index in [1.807, 2.05) is 0 Å². The lowest BCUT2D eigenvalue weighted by atomic mass is 9.66. The van der Waals surface area contributed by atoms with Gasteiger partial charge in [-0.1, -0.05) is 6.42 Å². The van der Waals surface area contributed by atoms with E-state index >= 15 is 0 Å². The van der Waals surface area contributed by atoms with Crippen LogP contribution in [0.25, 0.3) is 0 Å². The smallest absolute Gasteiger partial charge is 0.303 e. The van der Waals surface area contributed by atoms with E-state index in [1.54, 1.807) is 0 Å². The third kappa shape index (κ3) is 3.80. The summed E-state index contributed by atoms with van der Waals surface area (Å²) in [4.78, 5) is 45.2. The molecular formula is C13H17N3O5. The maximum atomic E-state index is 11.8. The second kappa shape index (κ2) is 5.94. The van der Waals surface area contributed by atoms with Crippen molar-refractivity contribution in [1.29, 1.82) is 0 Å². The van der Waals surface area contributed by atoms with Crippen LogP contribution >= 0.6 is 0 Å². The molecule has 1 aliphatic rings. The molecule has 1 saturated carbocycles. The molecule has 0 spiro atoms. The predicted molar refractivity (Wildman–Crippen MR) is 72.9 cm³/mol. The van der Waals surface area contributed by atoms with Crippen molar-refractivity contribution in [3.8, 4) is 0 Å². The normalized spacial score (nSPS) is 16.0. The summed E-state index contributed by atoms with van der Waals surface area (Å²) in [7, 11) is 0. The van der Waals surface area contributed by atoms with Crippen LogP contribution < -0.4 is 16.4 Å². The van der Waals surface area contributed by atoms with Gasteiger partial charge in [-0.3, -0.25) is 24.3 Å². The van der Waals surface area contributed by atoms with Crippen LogP contribution in [0.15, 0.2) is 21.7 Å². The largest absolute Gasteiger partial charge is 0.481 e. The lowest BCUT2D eigenvalue weighted by Crippen LogP contribution is -2.45. The molecule has 0 bridgehead atoms. The van der Waals surface area contributed by atoms with Crippen molar-refractivity contribution in [2.45, 2.75) is 32.2 Å². The van der Waals surface area contributed by atoms with Crippen molar-refractivity contribution in [2.75, 3.05) is 6.54 Å². The van der Waals surface area contributed by atoms with Crippen LogP contribution in [-0.2, 0) is 16.1 Å². The van der Waals surface area contributed by atoms with Crippen molar-refractivity contribution < 1.29 is 14.7 Å². The van der Waals surface area contributed by atoms with Crippen molar-refractivity contribution in [2.24, 2.45) is 5.41 Å². The van der Waals surface area contributed by atoms with E-state index in [0.717, 1.165) is 36.1 Å². The lowest BCUT2D eigenvalue weighted by Gasteiger charge is -2.40. The topological polar surface area (TPSA) is 121 Å². The number of nitrogens with zero attached hydrogens (tertiary/aromatic N) is 1. The van der Waals surface area contributed by atoms with Gasteiger partial charge in [-0.2, -0.15) is 0 Å². The second-order valence-corrected chi connectivity index (χ2v) is 5.43. The summed E-state index contributed by atoms with van der Waals surface area (Å²) < 4.78 is 0.919. The number of carbonyl (C=O) groups is 2. The maximum absolute atomic E-state index is 11.8. The third-order valence-corrected chi connectivity index (χ3v) is 3.79. The van der Waals surface area contributed by atoms with E-state index in [2.05, 4.69) is 10.4 Å². The summed E-state index contributed by atoms with van der Waals surface area (Å²) in [5.41, 5.74) is -1.33. The Labute approximate surface area is 119 Å². The minimum absolute atomic E-state index is 0.0232. The molecule has 8 heteroatoms. The number of H-pyrrole nitrogens is 1. The molecule has 0 unspecified atom stereocenters. The monoisotopic (exact) mass is 295 g/mol. The molecule has 1 aliphatic carbocycles. The number of carbonyl (C=O) groups excluding carboxylic acids is 1. The van der Waals surface area contributed by atoms with Gasteiger partial charge < -0.3 is 10.4 Å². The Morgan fingerprint density at radius 1 is 1.33 bits per heavy atom. The molecule has 0 aromatic carbocycles. The van der Waals surface area contributed by atoms with Gasteiger partial charge in [0.15, 0.2) is 0 Å². The van der Waals surface area contributed by atoms with Crippen LogP contribution in [0.3, 0.4) is 0 Å². The van der Waals surface area contributed by atoms with Crippen molar-refractivity contribution in [3.05, 3.63) is 32.8 Å². The molecule has 21 heavy (non-hydrogen) atoms. The summed E-state index contributed by atoms with van der Waals surface area (Å²) in [5.74, 6) is -1.32. The van der Waals surface area contributed by atoms with E-state index < -0.39 is 23.0 Å². The molecule has 0 aliphatic heterocycles. The number of aromatic nitrogens is 2. The van der Waals surface area contributed by atoms with Crippen molar-refractivity contribution in [3.63, 3.8) is 0 Å². The molecular weight excluding hydrogens is 278 g/mol. The predicted octanol–water partition coefficient (Wildman–Crippen LogP) is -0.702. The highest BCUT2D eigenvalue weighted by Gasteiger charge is 2.39. The Hall–Kier alpha value is -2.38. The number of carboxylic acid groups (broad SMARTS) is 1. The molecule has 1 aromatic heterocycles. The first-order valence-corrected chi connectivity index (χ1v) is 6.69. The molecule has 1 heterocycles. The highest BCUT2D eigenvalue weighted by molar-refractivity contribution is 5.75. The van der Waals surface area contributed by atoms with Gasteiger partial charge in [0, 0.05) is 18.7 Å². The molecule has 0 saturated heterocycles. The molecule has 114 valence electrons. The number of amides is 1. The van der Waals surface area contributed by atoms with E-state index in [9.17, 15) is 19.2 Å². The average molecular weight is 295 g/mol. The standard InChI is InChI=1S/C13H17N3O5/c17-9-2-3-11(19)16(15-9)7-10(18)14-8-13(4-1-5-13)6-12(20)21/h2-3H,1,4-8H2,(H,14,18)(H,15,17)(H,20,21). The van der Waals surface area contributed by atoms with Gasteiger partial charge in [-0.25, -0.2) is 4.68 Å². The Balaban J connectivity index is 1.93. The fraction of sp³-hybridized carbons (Fsp3) is 0.538. The van der Waals surface area contributed by atoms with Gasteiger partial charge in [0.05, 0.1) is 6.42 Å². The molecule has 1 aromatic rings. The Bertz CT molecular complexity index is 656. The van der Waals surface area contributed by atoms with Crippen molar-refractivity contribution in [1.82, 2.24) is 15.1 Å². The van der Waals surface area contributed by atoms with Crippen LogP contribution in [-0.4, -0.2) is 33.3 Å². The van der Waals surface area contributed by atoms with Gasteiger partial charge >= 0.3 is 5.97 Å². The first-order valence-electron chi connectivity index (χ1n) is 6.69. The van der Waals surface area contributed by atoms with Crippen LogP contribution in [0.2, 0.25) is 0 Å². The van der Waals surface area contributed by atoms with E-state index in [1.165, 1.54) is 0 Å². The van der Waals surface area contributed by atoms with Gasteiger partial charge in [0.1, 0.15) is 6.54 Å². The maximum Gasteiger partial charge on any atom is 0.303 e. The third-order valence-electron chi connectivity index (χ3n) is 3.79. The summed E-state index contributed by atoms with van der Waals surface area (Å²) in [5, 5.41) is 13.8. The zero-order valence-corrected chi connectivity index (χ0v) is 11.4. The number of nitrogens with one attached hydrogen (secondary N) is 2. The summed E-state index contributed by atoms with van der Waals surface area (Å²) in [6.45, 7) is -0.0258. The number of hydrogen-bond donors (Lipinski definition) is 3. The Morgan fingerprint density at radius 3 is 2.62 bits per heavy atom. The number of carboxylic acids is 1. The fourth-order valence-corrected chi connectivity index (χ4v) is 2.48. The van der Waals surface area contributed by atoms with Crippen LogP contribution in [0.1, 0.15) is 25.7 Å². The van der Waals surface area contributed by atoms with Crippen LogP contribution in [0, 0.1) is 5.41 Å². The van der Waals surface area contributed by atoms with Gasteiger partial charge in [0.25, 0.3) is 11.1 Å². The molecule has 8 nitrogen and oxygen atoms in total. The summed E-state index contributed by atoms with van der Waals surface area (Å²) in [6.07, 6.45) is 2.51. The fourth-order valence-electron chi connectivity index (χ4n) is 2.48. The van der Waals surface area contributed by atoms with E-state index in [4.69, 9.17) is 5.11 Å². The van der Waals surface area contributed by atoms with Gasteiger partial charge in [-0.05, 0) is 18.3 Å². The molecule has 1 amide bonds. The van der Waals surface area contributed by atoms with Gasteiger partial charge in [0.2, 0.25) is 5.91 Å². The Morgan fingerprint density at radius 2 is 2.05 bits per heavy atom. The molecule has 3 N–H and O–H groups in total. The van der Waals surface area contributed by atoms with Crippen LogP contribution in [0.4, 0.5) is 0 Å². The minimum Gasteiger partial charge on any atom is -0.481 e. The number of aromatic amines is 1. The van der Waals surface area contributed by atoms with Crippen molar-refractivity contribution >= 4 is 11.9 Å². The SMILES string of the molecule is O=C(O)CC1(CNC(=O)Cn2[nH]c(=O)ccc2=O)CCC1. The first kappa shape index (κ1) is 15.0. The van der Waals surface area contributed by atoms with Gasteiger partial charge in [-0.15, -0.1) is 0 Å². The minimum atomic E-state index is -0.882. The zero-order chi connectivity index (χ0) is 15.5. The number of hydrogen-bond acceptors (Lipinski definition) is 4. The second-order valence-electron chi connectivity index (χ2n) is 5.43. The lowest BCUT2D eigenvalue weighted by molar-refractivity contribution is -0.141. The summed E-state index contributed by atoms with van der Waals surface area (Å²) in [6, 6.07) is 2.18. The van der Waals surface area contributed by atoms with Crippen LogP contribution in [0.5, 0.6) is 0 Å². The highest BCUT2D eigenvalue weighted by atomic mass is 16.4. The van der Waals surface area contributed by atoms with E-state index in [0.29, 0.717) is 0 Å². The molecule has 1 fully saturated rings. The Kier molecular flexibility index (Phi) is 4.25. The van der Waals surface area contributed by atoms with E-state index in [-0.39, 0.29) is 24.9 Å². The summed E-state index contributed by atoms with van der Waals surface area (Å²) >= 11 is 0. The molecule has 2 rings (SSSR count). The quantitative estimate of drug-likeness (QED) is 0.640. The number of rotatable bonds is 6. The highest BCUT2D eigenvalue weighted by Crippen LogP contribution is 2.43.